The minimum Gasteiger partial charge on any atom is -0.495 e. The summed E-state index contributed by atoms with van der Waals surface area (Å²) in [6.07, 6.45) is 0.942. The van der Waals surface area contributed by atoms with E-state index in [1.807, 2.05) is 18.2 Å². The van der Waals surface area contributed by atoms with Gasteiger partial charge in [0.2, 0.25) is 0 Å². The first-order valence-electron chi connectivity index (χ1n) is 10.0. The van der Waals surface area contributed by atoms with Gasteiger partial charge in [-0.2, -0.15) is 0 Å². The highest BCUT2D eigenvalue weighted by atomic mass is 35.5. The van der Waals surface area contributed by atoms with Crippen LogP contribution in [0, 0.1) is 6.92 Å². The summed E-state index contributed by atoms with van der Waals surface area (Å²) in [7, 11) is 4.91. The fourth-order valence-electron chi connectivity index (χ4n) is 3.88. The number of ether oxygens (including phenoxy) is 1. The number of piperazine rings is 1. The molecule has 0 bridgehead atoms. The molecule has 31 heavy (non-hydrogen) atoms. The Kier molecular flexibility index (Phi) is 10.4. The minimum absolute atomic E-state index is 0. The molecule has 1 saturated heterocycles. The van der Waals surface area contributed by atoms with E-state index in [-0.39, 0.29) is 36.1 Å². The van der Waals surface area contributed by atoms with Gasteiger partial charge in [0.25, 0.3) is 5.56 Å². The molecule has 1 N–H and O–H groups in total. The molecule has 3 rings (SSSR count). The van der Waals surface area contributed by atoms with Gasteiger partial charge in [-0.1, -0.05) is 12.1 Å². The van der Waals surface area contributed by atoms with E-state index in [1.54, 1.807) is 21.1 Å². The Labute approximate surface area is 195 Å². The maximum absolute atomic E-state index is 12.1. The van der Waals surface area contributed by atoms with Crippen LogP contribution in [0.15, 0.2) is 33.9 Å². The maximum Gasteiger partial charge on any atom is 0.332 e. The Morgan fingerprint density at radius 1 is 1.00 bits per heavy atom. The average Bonchev–Trinajstić information content (AvgIpc) is 2.76. The molecule has 0 amide bonds. The molecule has 1 aromatic carbocycles. The van der Waals surface area contributed by atoms with Gasteiger partial charge in [-0.3, -0.25) is 18.8 Å². The first-order chi connectivity index (χ1) is 13.9. The third kappa shape index (κ3) is 5.96. The van der Waals surface area contributed by atoms with E-state index in [2.05, 4.69) is 21.2 Å². The first-order valence-corrected chi connectivity index (χ1v) is 10.0. The third-order valence-electron chi connectivity index (χ3n) is 5.63. The minimum atomic E-state index is -0.310. The van der Waals surface area contributed by atoms with Crippen LogP contribution in [0.2, 0.25) is 0 Å². The Hall–Kier alpha value is -2.16. The van der Waals surface area contributed by atoms with Gasteiger partial charge in [-0.25, -0.2) is 4.79 Å². The number of hydrogen-bond acceptors (Lipinski definition) is 6. The lowest BCUT2D eigenvalue weighted by atomic mass is 10.2. The highest BCUT2D eigenvalue weighted by Crippen LogP contribution is 2.28. The average molecular weight is 474 g/mol. The molecule has 0 radical (unpaired) electrons. The predicted octanol–water partition coefficient (Wildman–Crippen LogP) is 1.87. The number of para-hydroxylation sites is 2. The summed E-state index contributed by atoms with van der Waals surface area (Å²) >= 11 is 0. The summed E-state index contributed by atoms with van der Waals surface area (Å²) in [6, 6.07) is 8.14. The van der Waals surface area contributed by atoms with Crippen LogP contribution >= 0.6 is 24.8 Å². The number of anilines is 2. The van der Waals surface area contributed by atoms with E-state index >= 15 is 0 Å². The molecule has 8 nitrogen and oxygen atoms in total. The molecule has 2 aromatic rings. The number of nitrogens with zero attached hydrogens (tertiary/aromatic N) is 4. The summed E-state index contributed by atoms with van der Waals surface area (Å²) in [4.78, 5) is 29.0. The second-order valence-corrected chi connectivity index (χ2v) is 7.46. The summed E-state index contributed by atoms with van der Waals surface area (Å²) in [5, 5.41) is 3.28. The molecule has 1 aliphatic heterocycles. The number of halogens is 2. The zero-order valence-electron chi connectivity index (χ0n) is 18.6. The van der Waals surface area contributed by atoms with E-state index in [0.717, 1.165) is 55.1 Å². The quantitative estimate of drug-likeness (QED) is 0.618. The van der Waals surface area contributed by atoms with Crippen LogP contribution in [0.3, 0.4) is 0 Å². The van der Waals surface area contributed by atoms with Crippen molar-refractivity contribution in [2.75, 3.05) is 56.6 Å². The van der Waals surface area contributed by atoms with Crippen molar-refractivity contribution in [3.63, 3.8) is 0 Å². The number of nitrogens with one attached hydrogen (secondary N) is 1. The molecule has 0 saturated carbocycles. The monoisotopic (exact) mass is 473 g/mol. The number of hydrogen-bond donors (Lipinski definition) is 1. The number of methoxy groups -OCH3 is 1. The lowest BCUT2D eigenvalue weighted by Gasteiger charge is -2.36. The summed E-state index contributed by atoms with van der Waals surface area (Å²) in [5.74, 6) is 1.53. The normalized spacial score (nSPS) is 13.9. The van der Waals surface area contributed by atoms with Gasteiger partial charge in [0.05, 0.1) is 18.4 Å². The number of rotatable bonds is 7. The Bertz CT molecular complexity index is 931. The second-order valence-electron chi connectivity index (χ2n) is 7.46. The van der Waals surface area contributed by atoms with E-state index in [1.165, 1.54) is 11.6 Å². The molecule has 0 atom stereocenters. The lowest BCUT2D eigenvalue weighted by Crippen LogP contribution is -2.47. The van der Waals surface area contributed by atoms with Gasteiger partial charge in [0.1, 0.15) is 11.6 Å². The summed E-state index contributed by atoms with van der Waals surface area (Å²) < 4.78 is 8.12. The fraction of sp³-hybridized carbons (Fsp3) is 0.524. The van der Waals surface area contributed by atoms with Crippen molar-refractivity contribution in [1.29, 1.82) is 0 Å². The maximum atomic E-state index is 12.1. The van der Waals surface area contributed by atoms with Crippen LogP contribution < -0.4 is 26.2 Å². The standard InChI is InChI=1S/C21H31N5O3.2ClH/c1-16-19(23(2)21(28)24(3)20(16)27)22-10-7-11-25-12-14-26(15-13-25)17-8-5-6-9-18(17)29-4;;/h5-6,8-9,22H,7,10-15H2,1-4H3;2*1H. The van der Waals surface area contributed by atoms with Crippen LogP contribution in [0.25, 0.3) is 0 Å². The molecule has 1 aliphatic rings. The summed E-state index contributed by atoms with van der Waals surface area (Å²) in [6.45, 7) is 7.38. The number of benzene rings is 1. The van der Waals surface area contributed by atoms with Crippen molar-refractivity contribution in [1.82, 2.24) is 14.0 Å². The first kappa shape index (κ1) is 26.9. The Morgan fingerprint density at radius 2 is 1.65 bits per heavy atom. The van der Waals surface area contributed by atoms with E-state index in [9.17, 15) is 9.59 Å². The summed E-state index contributed by atoms with van der Waals surface area (Å²) in [5.41, 5.74) is 1.16. The molecule has 1 fully saturated rings. The van der Waals surface area contributed by atoms with Gasteiger partial charge in [0.15, 0.2) is 0 Å². The number of aromatic nitrogens is 2. The lowest BCUT2D eigenvalue weighted by molar-refractivity contribution is 0.256. The fourth-order valence-corrected chi connectivity index (χ4v) is 3.88. The Balaban J connectivity index is 0.00000240. The van der Waals surface area contributed by atoms with Crippen molar-refractivity contribution in [2.24, 2.45) is 14.1 Å². The van der Waals surface area contributed by atoms with Crippen molar-refractivity contribution >= 4 is 36.3 Å². The largest absolute Gasteiger partial charge is 0.495 e. The van der Waals surface area contributed by atoms with Crippen molar-refractivity contribution < 1.29 is 4.74 Å². The smallest absolute Gasteiger partial charge is 0.332 e. The third-order valence-corrected chi connectivity index (χ3v) is 5.63. The van der Waals surface area contributed by atoms with Gasteiger partial charge in [0, 0.05) is 46.8 Å². The van der Waals surface area contributed by atoms with Crippen molar-refractivity contribution in [3.8, 4) is 5.75 Å². The molecule has 10 heteroatoms. The van der Waals surface area contributed by atoms with Gasteiger partial charge >= 0.3 is 5.69 Å². The van der Waals surface area contributed by atoms with Gasteiger partial charge in [-0.05, 0) is 32.0 Å². The Morgan fingerprint density at radius 3 is 2.29 bits per heavy atom. The van der Waals surface area contributed by atoms with Gasteiger partial charge < -0.3 is 15.0 Å². The second kappa shape index (κ2) is 12.0. The van der Waals surface area contributed by atoms with Crippen LogP contribution in [0.5, 0.6) is 5.75 Å². The van der Waals surface area contributed by atoms with Crippen LogP contribution in [0.1, 0.15) is 12.0 Å². The van der Waals surface area contributed by atoms with Gasteiger partial charge in [-0.15, -0.1) is 24.8 Å². The van der Waals surface area contributed by atoms with E-state index in [0.29, 0.717) is 17.9 Å². The van der Waals surface area contributed by atoms with Crippen LogP contribution in [-0.4, -0.2) is 60.4 Å². The molecule has 0 unspecified atom stereocenters. The highest BCUT2D eigenvalue weighted by molar-refractivity contribution is 5.85. The molecule has 0 spiro atoms. The zero-order chi connectivity index (χ0) is 21.0. The van der Waals surface area contributed by atoms with E-state index in [4.69, 9.17) is 4.74 Å². The van der Waals surface area contributed by atoms with Crippen molar-refractivity contribution in [3.05, 3.63) is 50.7 Å². The molecular formula is C21H33Cl2N5O3. The van der Waals surface area contributed by atoms with E-state index < -0.39 is 0 Å². The predicted molar refractivity (Wildman–Crippen MR) is 131 cm³/mol. The highest BCUT2D eigenvalue weighted by Gasteiger charge is 2.19. The molecule has 174 valence electrons. The molecule has 1 aromatic heterocycles. The SMILES string of the molecule is COc1ccccc1N1CCN(CCCNc2c(C)c(=O)n(C)c(=O)n2C)CC1.Cl.Cl. The molecule has 0 aliphatic carbocycles. The molecule has 2 heterocycles. The van der Waals surface area contributed by atoms with Crippen LogP contribution in [0.4, 0.5) is 11.5 Å². The molecular weight excluding hydrogens is 441 g/mol. The topological polar surface area (TPSA) is 71.7 Å². The van der Waals surface area contributed by atoms with Crippen LogP contribution in [-0.2, 0) is 14.1 Å². The van der Waals surface area contributed by atoms with Crippen molar-refractivity contribution in [2.45, 2.75) is 13.3 Å². The zero-order valence-corrected chi connectivity index (χ0v) is 20.2.